The number of carboxylic acid groups (broad SMARTS) is 1. The third-order valence-corrected chi connectivity index (χ3v) is 8.05. The first-order valence-electron chi connectivity index (χ1n) is 12.1. The summed E-state index contributed by atoms with van der Waals surface area (Å²) in [5.74, 6) is 0.646. The van der Waals surface area contributed by atoms with Crippen LogP contribution in [0.1, 0.15) is 20.3 Å². The van der Waals surface area contributed by atoms with E-state index in [4.69, 9.17) is 4.74 Å². The van der Waals surface area contributed by atoms with Crippen LogP contribution >= 0.6 is 39.5 Å². The number of halogens is 2. The molecule has 0 saturated carbocycles. The molecule has 0 aromatic heterocycles. The largest absolute Gasteiger partial charge is 0.481 e. The molecule has 0 bridgehead atoms. The van der Waals surface area contributed by atoms with Crippen LogP contribution in [-0.4, -0.2) is 83.7 Å². The molecule has 8 nitrogen and oxygen atoms in total. The summed E-state index contributed by atoms with van der Waals surface area (Å²) in [5, 5.41) is 15.0. The van der Waals surface area contributed by atoms with Crippen molar-refractivity contribution < 1.29 is 23.8 Å². The maximum absolute atomic E-state index is 12.5. The first-order valence-corrected chi connectivity index (χ1v) is 14.9. The summed E-state index contributed by atoms with van der Waals surface area (Å²) in [7, 11) is 1.69. The van der Waals surface area contributed by atoms with Crippen molar-refractivity contribution in [1.82, 2.24) is 10.2 Å². The molecule has 2 N–H and O–H groups in total. The molecule has 2 aliphatic rings. The van der Waals surface area contributed by atoms with Crippen molar-refractivity contribution >= 4 is 62.3 Å². The van der Waals surface area contributed by atoms with E-state index in [1.54, 1.807) is 38.4 Å². The van der Waals surface area contributed by atoms with Crippen LogP contribution in [0.5, 0.6) is 0 Å². The van der Waals surface area contributed by atoms with Crippen LogP contribution in [0.2, 0.25) is 0 Å². The molecule has 2 aliphatic heterocycles. The molecule has 1 aromatic carbocycles. The van der Waals surface area contributed by atoms with Gasteiger partial charge < -0.3 is 15.2 Å². The van der Waals surface area contributed by atoms with Gasteiger partial charge in [0, 0.05) is 47.9 Å². The number of thioether (sulfide) groups is 2. The number of amidine groups is 1. The summed E-state index contributed by atoms with van der Waals surface area (Å²) in [6.45, 7) is 9.07. The van der Waals surface area contributed by atoms with Gasteiger partial charge >= 0.3 is 11.9 Å². The maximum atomic E-state index is 12.5. The molecule has 1 saturated heterocycles. The average molecular weight is 630 g/mol. The van der Waals surface area contributed by atoms with Crippen molar-refractivity contribution in [2.75, 3.05) is 44.8 Å². The van der Waals surface area contributed by atoms with E-state index in [1.807, 2.05) is 11.8 Å². The number of nitrogens with one attached hydrogen (secondary N) is 1. The molecule has 12 heteroatoms. The zero-order valence-electron chi connectivity index (χ0n) is 21.8. The topological polar surface area (TPSA) is 104 Å². The van der Waals surface area contributed by atoms with Crippen molar-refractivity contribution in [2.45, 2.75) is 26.3 Å². The second-order valence-electron chi connectivity index (χ2n) is 8.39. The van der Waals surface area contributed by atoms with Gasteiger partial charge in [-0.3, -0.25) is 19.7 Å². The Bertz CT molecular complexity index is 1070. The Morgan fingerprint density at radius 2 is 2.26 bits per heavy atom. The number of carbonyl (C=O) groups excluding carboxylic acids is 1. The molecule has 208 valence electrons. The van der Waals surface area contributed by atoms with Gasteiger partial charge in [0.05, 0.1) is 24.6 Å². The van der Waals surface area contributed by atoms with E-state index in [0.717, 1.165) is 28.2 Å². The van der Waals surface area contributed by atoms with Gasteiger partial charge in [-0.25, -0.2) is 9.18 Å². The van der Waals surface area contributed by atoms with Gasteiger partial charge in [-0.2, -0.15) is 11.8 Å². The summed E-state index contributed by atoms with van der Waals surface area (Å²) in [6.07, 6.45) is 0.569. The van der Waals surface area contributed by atoms with Crippen molar-refractivity contribution in [1.29, 1.82) is 0 Å². The molecular weight excluding hydrogens is 595 g/mol. The molecule has 0 radical (unpaired) electrons. The first-order chi connectivity index (χ1) is 18.2. The molecular formula is C26H34BrFN4O4S2. The third kappa shape index (κ3) is 10.2. The van der Waals surface area contributed by atoms with E-state index in [-0.39, 0.29) is 24.4 Å². The summed E-state index contributed by atoms with van der Waals surface area (Å²) in [6, 6.07) is 6.38. The normalized spacial score (nSPS) is 18.9. The molecule has 3 rings (SSSR count). The molecule has 0 spiro atoms. The minimum Gasteiger partial charge on any atom is -0.481 e. The van der Waals surface area contributed by atoms with Gasteiger partial charge in [-0.1, -0.05) is 47.3 Å². The Kier molecular flexibility index (Phi) is 14.1. The van der Waals surface area contributed by atoms with E-state index in [9.17, 15) is 19.1 Å². The quantitative estimate of drug-likeness (QED) is 0.228. The number of rotatable bonds is 9. The summed E-state index contributed by atoms with van der Waals surface area (Å²) in [5.41, 5.74) is 1.24. The summed E-state index contributed by atoms with van der Waals surface area (Å²) < 4.78 is 18.1. The fourth-order valence-electron chi connectivity index (χ4n) is 3.75. The molecule has 0 aliphatic carbocycles. The molecule has 1 fully saturated rings. The van der Waals surface area contributed by atoms with Crippen molar-refractivity contribution in [3.05, 3.63) is 57.8 Å². The minimum absolute atomic E-state index is 0.122. The monoisotopic (exact) mass is 628 g/mol. The van der Waals surface area contributed by atoms with Crippen LogP contribution in [0.3, 0.4) is 0 Å². The Morgan fingerprint density at radius 1 is 1.50 bits per heavy atom. The van der Waals surface area contributed by atoms with Gasteiger partial charge in [0.15, 0.2) is 5.84 Å². The molecule has 2 heterocycles. The highest BCUT2D eigenvalue weighted by molar-refractivity contribution is 9.10. The predicted octanol–water partition coefficient (Wildman–Crippen LogP) is 4.83. The molecule has 1 aromatic rings. The first kappa shape index (κ1) is 32.1. The van der Waals surface area contributed by atoms with E-state index in [2.05, 4.69) is 42.7 Å². The van der Waals surface area contributed by atoms with Crippen LogP contribution in [-0.2, 0) is 14.3 Å². The maximum Gasteiger partial charge on any atom is 0.337 e. The Hall–Kier alpha value is -2.15. The highest BCUT2D eigenvalue weighted by atomic mass is 79.9. The van der Waals surface area contributed by atoms with Crippen molar-refractivity contribution in [2.24, 2.45) is 15.9 Å². The van der Waals surface area contributed by atoms with E-state index < -0.39 is 11.9 Å². The lowest BCUT2D eigenvalue weighted by Gasteiger charge is -2.37. The number of hydrogen-bond donors (Lipinski definition) is 2. The molecule has 0 amide bonds. The van der Waals surface area contributed by atoms with Crippen molar-refractivity contribution in [3.8, 4) is 0 Å². The van der Waals surface area contributed by atoms with Crippen LogP contribution in [0, 0.1) is 11.7 Å². The number of esters is 1. The fourth-order valence-corrected chi connectivity index (χ4v) is 5.76. The molecule has 38 heavy (non-hydrogen) atoms. The van der Waals surface area contributed by atoms with Gasteiger partial charge in [-0.05, 0) is 37.0 Å². The number of ether oxygens (including phenoxy) is 1. The van der Waals surface area contributed by atoms with Crippen LogP contribution in [0.4, 0.5) is 4.39 Å². The number of carboxylic acids is 1. The number of aliphatic carboxylic acids is 1. The van der Waals surface area contributed by atoms with Gasteiger partial charge in [0.2, 0.25) is 0 Å². The van der Waals surface area contributed by atoms with Crippen LogP contribution < -0.4 is 5.32 Å². The standard InChI is InChI=1S/C20H30N4O4S2.C6H4BrF/c1-5-28-20(27)15-10-22-17(18(21-4)30-6-2)23-16(15)11-24-7-8-29-12-14(24)9-13(3)19(25)26;7-5-2-1-3-6(8)4-5/h6,13-14H,2,5,7-12H2,1,3-4H3,(H,22,23)(H,25,26);1-4H. The van der Waals surface area contributed by atoms with Crippen LogP contribution in [0.15, 0.2) is 62.0 Å². The number of nitrogens with zero attached hydrogens (tertiary/aromatic N) is 3. The lowest BCUT2D eigenvalue weighted by molar-refractivity contribution is -0.141. The van der Waals surface area contributed by atoms with Crippen LogP contribution in [0.25, 0.3) is 0 Å². The van der Waals surface area contributed by atoms with E-state index in [0.29, 0.717) is 36.0 Å². The zero-order chi connectivity index (χ0) is 28.1. The number of hydrogen-bond acceptors (Lipinski definition) is 9. The van der Waals surface area contributed by atoms with Gasteiger partial charge in [-0.15, -0.1) is 0 Å². The Balaban J connectivity index is 0.000000538. The molecule has 2 unspecified atom stereocenters. The lowest BCUT2D eigenvalue weighted by atomic mass is 10.0. The minimum atomic E-state index is -0.785. The zero-order valence-corrected chi connectivity index (χ0v) is 25.0. The number of benzene rings is 1. The fraction of sp³-hybridized carbons (Fsp3) is 0.462. The second-order valence-corrected chi connectivity index (χ2v) is 11.4. The highest BCUT2D eigenvalue weighted by Gasteiger charge is 2.30. The third-order valence-electron chi connectivity index (χ3n) is 5.70. The number of carbonyl (C=O) groups is 2. The Labute approximate surface area is 240 Å². The Morgan fingerprint density at radius 3 is 2.84 bits per heavy atom. The van der Waals surface area contributed by atoms with Crippen molar-refractivity contribution in [3.63, 3.8) is 0 Å². The SMILES string of the molecule is C=CSC(=NC)C1=NCC(C(=O)OCC)=C(CN2CCSCC2CC(C)C(=O)O)N1.Fc1cccc(Br)c1. The lowest BCUT2D eigenvalue weighted by Crippen LogP contribution is -2.48. The van der Waals surface area contributed by atoms with E-state index in [1.165, 1.54) is 23.9 Å². The number of aliphatic imine (C=N–C) groups is 2. The average Bonchev–Trinajstić information content (AvgIpc) is 2.88. The highest BCUT2D eigenvalue weighted by Crippen LogP contribution is 2.24. The van der Waals surface area contributed by atoms with Gasteiger partial charge in [0.1, 0.15) is 10.9 Å². The summed E-state index contributed by atoms with van der Waals surface area (Å²) >= 11 is 6.32. The van der Waals surface area contributed by atoms with Gasteiger partial charge in [0.25, 0.3) is 0 Å². The second kappa shape index (κ2) is 16.7. The summed E-state index contributed by atoms with van der Waals surface area (Å²) in [4.78, 5) is 34.9. The molecule has 2 atom stereocenters. The smallest absolute Gasteiger partial charge is 0.337 e. The van der Waals surface area contributed by atoms with E-state index >= 15 is 0 Å². The predicted molar refractivity (Wildman–Crippen MR) is 158 cm³/mol.